The molecule has 0 unspecified atom stereocenters. The predicted octanol–water partition coefficient (Wildman–Crippen LogP) is 2.26. The molecule has 0 saturated heterocycles. The molecule has 0 fully saturated rings. The Morgan fingerprint density at radius 3 is 2.55 bits per heavy atom. The van der Waals surface area contributed by atoms with Crippen LogP contribution in [0.1, 0.15) is 33.1 Å². The van der Waals surface area contributed by atoms with Gasteiger partial charge in [0, 0.05) is 0 Å². The van der Waals surface area contributed by atoms with E-state index in [0.29, 0.717) is 12.8 Å². The maximum atomic E-state index is 13.3. The first kappa shape index (κ1) is 16.4. The average Bonchev–Trinajstić information content (AvgIpc) is 2.47. The van der Waals surface area contributed by atoms with Gasteiger partial charge in [0.15, 0.2) is 11.6 Å². The lowest BCUT2D eigenvalue weighted by Crippen LogP contribution is -2.50. The number of para-hydroxylation sites is 1. The van der Waals surface area contributed by atoms with Crippen LogP contribution in [-0.2, 0) is 4.79 Å². The van der Waals surface area contributed by atoms with E-state index in [-0.39, 0.29) is 31.3 Å². The van der Waals surface area contributed by atoms with Crippen molar-refractivity contribution >= 4 is 5.91 Å². The summed E-state index contributed by atoms with van der Waals surface area (Å²) in [6, 6.07) is 6.07. The van der Waals surface area contributed by atoms with E-state index in [1.165, 1.54) is 12.1 Å². The van der Waals surface area contributed by atoms with Gasteiger partial charge in [-0.2, -0.15) is 0 Å². The van der Waals surface area contributed by atoms with Crippen LogP contribution >= 0.6 is 0 Å². The molecule has 1 aromatic carbocycles. The van der Waals surface area contributed by atoms with E-state index in [1.807, 2.05) is 13.8 Å². The number of carbonyl (C=O) groups is 1. The summed E-state index contributed by atoms with van der Waals surface area (Å²) in [4.78, 5) is 11.8. The highest BCUT2D eigenvalue weighted by Gasteiger charge is 2.26. The lowest BCUT2D eigenvalue weighted by atomic mass is 9.94. The first-order chi connectivity index (χ1) is 9.56. The van der Waals surface area contributed by atoms with Crippen LogP contribution in [0.25, 0.3) is 0 Å². The van der Waals surface area contributed by atoms with Crippen molar-refractivity contribution in [2.75, 3.05) is 13.2 Å². The van der Waals surface area contributed by atoms with Gasteiger partial charge in [0.25, 0.3) is 0 Å². The molecule has 1 rings (SSSR count). The van der Waals surface area contributed by atoms with E-state index >= 15 is 0 Å². The van der Waals surface area contributed by atoms with Crippen molar-refractivity contribution < 1.29 is 19.0 Å². The fraction of sp³-hybridized carbons (Fsp3) is 0.533. The molecule has 0 heterocycles. The van der Waals surface area contributed by atoms with Crippen molar-refractivity contribution in [2.24, 2.45) is 0 Å². The third-order valence-corrected chi connectivity index (χ3v) is 3.48. The number of aliphatic hydroxyl groups excluding tert-OH is 1. The predicted molar refractivity (Wildman–Crippen MR) is 75.1 cm³/mol. The summed E-state index contributed by atoms with van der Waals surface area (Å²) in [5.41, 5.74) is -0.574. The van der Waals surface area contributed by atoms with Crippen molar-refractivity contribution in [1.82, 2.24) is 5.32 Å². The summed E-state index contributed by atoms with van der Waals surface area (Å²) < 4.78 is 18.5. The van der Waals surface area contributed by atoms with Crippen molar-refractivity contribution in [3.05, 3.63) is 30.1 Å². The van der Waals surface area contributed by atoms with Crippen LogP contribution in [0.5, 0.6) is 5.75 Å². The number of aliphatic hydroxyl groups is 1. The summed E-state index contributed by atoms with van der Waals surface area (Å²) in [5, 5.41) is 12.2. The Bertz CT molecular complexity index is 425. The van der Waals surface area contributed by atoms with Gasteiger partial charge in [-0.1, -0.05) is 26.0 Å². The number of nitrogens with one attached hydrogen (secondary N) is 1. The molecular weight excluding hydrogens is 261 g/mol. The van der Waals surface area contributed by atoms with Gasteiger partial charge >= 0.3 is 0 Å². The number of rotatable bonds is 8. The van der Waals surface area contributed by atoms with Gasteiger partial charge < -0.3 is 15.2 Å². The van der Waals surface area contributed by atoms with Crippen molar-refractivity contribution in [3.8, 4) is 5.75 Å². The number of halogens is 1. The molecule has 0 spiro atoms. The SMILES string of the molecule is CCC(CC)(CO)NC(=O)CCOc1ccccc1F. The first-order valence-corrected chi connectivity index (χ1v) is 6.86. The topological polar surface area (TPSA) is 58.6 Å². The summed E-state index contributed by atoms with van der Waals surface area (Å²) >= 11 is 0. The molecule has 0 aliphatic carbocycles. The quantitative estimate of drug-likeness (QED) is 0.769. The smallest absolute Gasteiger partial charge is 0.223 e. The van der Waals surface area contributed by atoms with Gasteiger partial charge in [-0.15, -0.1) is 0 Å². The fourth-order valence-electron chi connectivity index (χ4n) is 1.86. The summed E-state index contributed by atoms with van der Waals surface area (Å²) in [6.07, 6.45) is 1.43. The monoisotopic (exact) mass is 283 g/mol. The van der Waals surface area contributed by atoms with Crippen LogP contribution < -0.4 is 10.1 Å². The van der Waals surface area contributed by atoms with Gasteiger partial charge in [-0.05, 0) is 25.0 Å². The van der Waals surface area contributed by atoms with Crippen molar-refractivity contribution in [1.29, 1.82) is 0 Å². The normalized spacial score (nSPS) is 11.2. The molecule has 0 saturated carbocycles. The molecule has 5 heteroatoms. The number of ether oxygens (including phenoxy) is 1. The number of benzene rings is 1. The number of amides is 1. The molecule has 0 radical (unpaired) electrons. The Labute approximate surface area is 119 Å². The fourth-order valence-corrected chi connectivity index (χ4v) is 1.86. The average molecular weight is 283 g/mol. The summed E-state index contributed by atoms with van der Waals surface area (Å²) in [6.45, 7) is 3.83. The molecule has 1 amide bonds. The van der Waals surface area contributed by atoms with Crippen molar-refractivity contribution in [2.45, 2.75) is 38.6 Å². The summed E-state index contributed by atoms with van der Waals surface area (Å²) in [5.74, 6) is -0.515. The minimum atomic E-state index is -0.574. The molecule has 0 aliphatic rings. The molecule has 0 bridgehead atoms. The molecule has 0 aromatic heterocycles. The first-order valence-electron chi connectivity index (χ1n) is 6.86. The Kier molecular flexibility index (Phi) is 6.45. The maximum absolute atomic E-state index is 13.3. The van der Waals surface area contributed by atoms with Crippen LogP contribution in [0.15, 0.2) is 24.3 Å². The number of hydrogen-bond acceptors (Lipinski definition) is 3. The Morgan fingerprint density at radius 2 is 2.00 bits per heavy atom. The van der Waals surface area contributed by atoms with Gasteiger partial charge in [0.05, 0.1) is 25.2 Å². The third kappa shape index (κ3) is 4.49. The summed E-state index contributed by atoms with van der Waals surface area (Å²) in [7, 11) is 0. The zero-order chi connectivity index (χ0) is 15.0. The van der Waals surface area contributed by atoms with Gasteiger partial charge in [0.1, 0.15) is 0 Å². The largest absolute Gasteiger partial charge is 0.490 e. The molecular formula is C15H22FNO3. The Balaban J connectivity index is 2.42. The van der Waals surface area contributed by atoms with Crippen molar-refractivity contribution in [3.63, 3.8) is 0 Å². The van der Waals surface area contributed by atoms with E-state index in [2.05, 4.69) is 5.32 Å². The van der Waals surface area contributed by atoms with E-state index in [9.17, 15) is 14.3 Å². The Morgan fingerprint density at radius 1 is 1.35 bits per heavy atom. The second-order valence-electron chi connectivity index (χ2n) is 4.72. The molecule has 4 nitrogen and oxygen atoms in total. The lowest BCUT2D eigenvalue weighted by molar-refractivity contribution is -0.124. The third-order valence-electron chi connectivity index (χ3n) is 3.48. The van der Waals surface area contributed by atoms with Gasteiger partial charge in [0.2, 0.25) is 5.91 Å². The lowest BCUT2D eigenvalue weighted by Gasteiger charge is -2.30. The number of hydrogen-bond donors (Lipinski definition) is 2. The van der Waals surface area contributed by atoms with E-state index < -0.39 is 11.4 Å². The zero-order valence-corrected chi connectivity index (χ0v) is 12.0. The van der Waals surface area contributed by atoms with E-state index in [1.54, 1.807) is 12.1 Å². The van der Waals surface area contributed by atoms with Crippen LogP contribution in [-0.4, -0.2) is 29.8 Å². The molecule has 112 valence electrons. The van der Waals surface area contributed by atoms with Gasteiger partial charge in [-0.3, -0.25) is 4.79 Å². The molecule has 0 aliphatic heterocycles. The molecule has 2 N–H and O–H groups in total. The Hall–Kier alpha value is -1.62. The molecule has 20 heavy (non-hydrogen) atoms. The van der Waals surface area contributed by atoms with E-state index in [4.69, 9.17) is 4.74 Å². The second-order valence-corrected chi connectivity index (χ2v) is 4.72. The minimum Gasteiger partial charge on any atom is -0.490 e. The highest BCUT2D eigenvalue weighted by atomic mass is 19.1. The zero-order valence-electron chi connectivity index (χ0n) is 12.0. The van der Waals surface area contributed by atoms with Crippen LogP contribution in [0, 0.1) is 5.82 Å². The molecule has 1 aromatic rings. The van der Waals surface area contributed by atoms with E-state index in [0.717, 1.165) is 0 Å². The standard InChI is InChI=1S/C15H22FNO3/c1-3-15(4-2,11-18)17-14(19)9-10-20-13-8-6-5-7-12(13)16/h5-8,18H,3-4,9-11H2,1-2H3,(H,17,19). The van der Waals surface area contributed by atoms with Gasteiger partial charge in [-0.25, -0.2) is 4.39 Å². The van der Waals surface area contributed by atoms with Crippen LogP contribution in [0.3, 0.4) is 0 Å². The number of carbonyl (C=O) groups excluding carboxylic acids is 1. The highest BCUT2D eigenvalue weighted by Crippen LogP contribution is 2.16. The van der Waals surface area contributed by atoms with Crippen LogP contribution in [0.2, 0.25) is 0 Å². The minimum absolute atomic E-state index is 0.0973. The van der Waals surface area contributed by atoms with Crippen LogP contribution in [0.4, 0.5) is 4.39 Å². The maximum Gasteiger partial charge on any atom is 0.223 e. The second kappa shape index (κ2) is 7.85. The highest BCUT2D eigenvalue weighted by molar-refractivity contribution is 5.76. The molecule has 0 atom stereocenters.